The van der Waals surface area contributed by atoms with E-state index in [1.54, 1.807) is 0 Å². The highest BCUT2D eigenvalue weighted by Gasteiger charge is 2.10. The van der Waals surface area contributed by atoms with Gasteiger partial charge < -0.3 is 5.32 Å². The Bertz CT molecular complexity index is 233. The zero-order chi connectivity index (χ0) is 9.14. The lowest BCUT2D eigenvalue weighted by molar-refractivity contribution is 0.793. The highest BCUT2D eigenvalue weighted by atomic mass is 14.9. The van der Waals surface area contributed by atoms with Gasteiger partial charge in [0.2, 0.25) is 0 Å². The van der Waals surface area contributed by atoms with Gasteiger partial charge in [-0.2, -0.15) is 0 Å². The van der Waals surface area contributed by atoms with E-state index in [1.807, 2.05) is 0 Å². The van der Waals surface area contributed by atoms with Crippen LogP contribution in [0.5, 0.6) is 0 Å². The molecule has 0 aliphatic carbocycles. The van der Waals surface area contributed by atoms with Gasteiger partial charge in [0.25, 0.3) is 0 Å². The molecule has 0 amide bonds. The molecular weight excluding hydrogens is 146 g/mol. The summed E-state index contributed by atoms with van der Waals surface area (Å²) in [5, 5.41) is 3.21. The molecule has 0 bridgehead atoms. The van der Waals surface area contributed by atoms with Crippen molar-refractivity contribution >= 4 is 0 Å². The summed E-state index contributed by atoms with van der Waals surface area (Å²) in [6, 6.07) is 0. The summed E-state index contributed by atoms with van der Waals surface area (Å²) in [7, 11) is 0. The zero-order valence-corrected chi connectivity index (χ0v) is 7.98. The largest absolute Gasteiger partial charge is 0.385 e. The van der Waals surface area contributed by atoms with Crippen molar-refractivity contribution < 1.29 is 0 Å². The Kier molecular flexibility index (Phi) is 2.74. The molecule has 1 fully saturated rings. The highest BCUT2D eigenvalue weighted by Crippen LogP contribution is 2.20. The van der Waals surface area contributed by atoms with Gasteiger partial charge in [-0.25, -0.2) is 0 Å². The van der Waals surface area contributed by atoms with Gasteiger partial charge >= 0.3 is 0 Å². The van der Waals surface area contributed by atoms with Crippen molar-refractivity contribution in [3.63, 3.8) is 0 Å². The molecule has 1 heteroatoms. The number of allylic oxidation sites excluding steroid dienone is 3. The summed E-state index contributed by atoms with van der Waals surface area (Å²) >= 11 is 0. The van der Waals surface area contributed by atoms with Crippen LogP contribution in [-0.2, 0) is 0 Å². The fourth-order valence-corrected chi connectivity index (χ4v) is 1.16. The zero-order valence-electron chi connectivity index (χ0n) is 7.98. The van der Waals surface area contributed by atoms with Crippen molar-refractivity contribution in [3.05, 3.63) is 36.1 Å². The maximum atomic E-state index is 4.01. The Balaban J connectivity index is 2.68. The first-order valence-electron chi connectivity index (χ1n) is 4.43. The van der Waals surface area contributed by atoms with Gasteiger partial charge in [0.1, 0.15) is 0 Å². The topological polar surface area (TPSA) is 12.0 Å². The van der Waals surface area contributed by atoms with E-state index in [9.17, 15) is 0 Å². The SMILES string of the molecule is C=C1NCC/C1=C/C(=C)C(C)C. The molecule has 1 rings (SSSR count). The fraction of sp³-hybridized carbons (Fsp3) is 0.455. The Labute approximate surface area is 74.9 Å². The molecule has 0 radical (unpaired) electrons. The van der Waals surface area contributed by atoms with Gasteiger partial charge in [0.05, 0.1) is 0 Å². The van der Waals surface area contributed by atoms with Gasteiger partial charge in [0.15, 0.2) is 0 Å². The lowest BCUT2D eigenvalue weighted by atomic mass is 10.0. The predicted molar refractivity (Wildman–Crippen MR) is 53.8 cm³/mol. The van der Waals surface area contributed by atoms with Crippen molar-refractivity contribution in [1.29, 1.82) is 0 Å². The van der Waals surface area contributed by atoms with Crippen molar-refractivity contribution in [2.45, 2.75) is 20.3 Å². The molecule has 12 heavy (non-hydrogen) atoms. The van der Waals surface area contributed by atoms with E-state index in [-0.39, 0.29) is 0 Å². The van der Waals surface area contributed by atoms with E-state index in [2.05, 4.69) is 38.4 Å². The van der Waals surface area contributed by atoms with Crippen LogP contribution in [0.3, 0.4) is 0 Å². The Morgan fingerprint density at radius 3 is 2.67 bits per heavy atom. The second-order valence-electron chi connectivity index (χ2n) is 3.55. The van der Waals surface area contributed by atoms with E-state index in [4.69, 9.17) is 0 Å². The number of hydrogen-bond donors (Lipinski definition) is 1. The van der Waals surface area contributed by atoms with Crippen LogP contribution in [0.2, 0.25) is 0 Å². The normalized spacial score (nSPS) is 20.2. The minimum atomic E-state index is 0.533. The van der Waals surface area contributed by atoms with Gasteiger partial charge in [0, 0.05) is 12.2 Å². The molecule has 0 aromatic heterocycles. The van der Waals surface area contributed by atoms with Gasteiger partial charge in [-0.05, 0) is 17.9 Å². The summed E-state index contributed by atoms with van der Waals surface area (Å²) < 4.78 is 0. The summed E-state index contributed by atoms with van der Waals surface area (Å²) in [5.41, 5.74) is 3.57. The number of rotatable bonds is 2. The van der Waals surface area contributed by atoms with Gasteiger partial charge in [-0.15, -0.1) is 0 Å². The maximum absolute atomic E-state index is 4.01. The molecule has 0 aromatic carbocycles. The minimum Gasteiger partial charge on any atom is -0.385 e. The molecule has 1 heterocycles. The Morgan fingerprint density at radius 2 is 2.25 bits per heavy atom. The van der Waals surface area contributed by atoms with Crippen LogP contribution in [-0.4, -0.2) is 6.54 Å². The Hall–Kier alpha value is -0.980. The van der Waals surface area contributed by atoms with Crippen LogP contribution >= 0.6 is 0 Å². The third-order valence-corrected chi connectivity index (χ3v) is 2.22. The molecule has 0 spiro atoms. The number of nitrogens with one attached hydrogen (secondary N) is 1. The number of hydrogen-bond acceptors (Lipinski definition) is 1. The van der Waals surface area contributed by atoms with Gasteiger partial charge in [-0.3, -0.25) is 0 Å². The monoisotopic (exact) mass is 163 g/mol. The van der Waals surface area contributed by atoms with Crippen LogP contribution in [0.1, 0.15) is 20.3 Å². The van der Waals surface area contributed by atoms with Crippen molar-refractivity contribution in [1.82, 2.24) is 5.32 Å². The van der Waals surface area contributed by atoms with E-state index in [1.165, 1.54) is 11.1 Å². The quantitative estimate of drug-likeness (QED) is 0.660. The Morgan fingerprint density at radius 1 is 1.58 bits per heavy atom. The predicted octanol–water partition coefficient (Wildman–Crippen LogP) is 2.63. The molecule has 0 atom stereocenters. The average molecular weight is 163 g/mol. The second-order valence-corrected chi connectivity index (χ2v) is 3.55. The minimum absolute atomic E-state index is 0.533. The fourth-order valence-electron chi connectivity index (χ4n) is 1.16. The van der Waals surface area contributed by atoms with E-state index in [0.29, 0.717) is 5.92 Å². The smallest absolute Gasteiger partial charge is 0.0300 e. The highest BCUT2D eigenvalue weighted by molar-refractivity contribution is 5.37. The average Bonchev–Trinajstić information content (AvgIpc) is 2.36. The van der Waals surface area contributed by atoms with Crippen molar-refractivity contribution in [3.8, 4) is 0 Å². The van der Waals surface area contributed by atoms with Crippen LogP contribution in [0.4, 0.5) is 0 Å². The summed E-state index contributed by atoms with van der Waals surface area (Å²) in [6.07, 6.45) is 3.25. The maximum Gasteiger partial charge on any atom is 0.0300 e. The van der Waals surface area contributed by atoms with Crippen molar-refractivity contribution in [2.24, 2.45) is 5.92 Å². The molecule has 1 nitrogen and oxygen atoms in total. The standard InChI is InChI=1S/C11H17N/c1-8(2)9(3)7-11-5-6-12-10(11)4/h7-8,12H,3-6H2,1-2H3/b11-7-. The molecular formula is C11H17N. The van der Waals surface area contributed by atoms with E-state index < -0.39 is 0 Å². The first-order valence-corrected chi connectivity index (χ1v) is 4.43. The molecule has 0 aromatic rings. The summed E-state index contributed by atoms with van der Waals surface area (Å²) in [6.45, 7) is 13.3. The lowest BCUT2D eigenvalue weighted by Gasteiger charge is -2.05. The molecule has 1 saturated heterocycles. The first kappa shape index (κ1) is 9.11. The van der Waals surface area contributed by atoms with Crippen LogP contribution in [0.25, 0.3) is 0 Å². The van der Waals surface area contributed by atoms with Crippen molar-refractivity contribution in [2.75, 3.05) is 6.54 Å². The molecule has 1 aliphatic rings. The van der Waals surface area contributed by atoms with Crippen LogP contribution < -0.4 is 5.32 Å². The lowest BCUT2D eigenvalue weighted by Crippen LogP contribution is -2.01. The van der Waals surface area contributed by atoms with Crippen LogP contribution in [0, 0.1) is 5.92 Å². The molecule has 66 valence electrons. The summed E-state index contributed by atoms with van der Waals surface area (Å²) in [4.78, 5) is 0. The molecule has 0 unspecified atom stereocenters. The van der Waals surface area contributed by atoms with Crippen LogP contribution in [0.15, 0.2) is 36.1 Å². The van der Waals surface area contributed by atoms with E-state index >= 15 is 0 Å². The first-order chi connectivity index (χ1) is 5.61. The third-order valence-electron chi connectivity index (χ3n) is 2.22. The molecule has 1 aliphatic heterocycles. The summed E-state index contributed by atoms with van der Waals surface area (Å²) in [5.74, 6) is 0.533. The second kappa shape index (κ2) is 3.61. The molecule has 1 N–H and O–H groups in total. The van der Waals surface area contributed by atoms with Gasteiger partial charge in [-0.1, -0.05) is 38.7 Å². The van der Waals surface area contributed by atoms with E-state index in [0.717, 1.165) is 18.7 Å². The third kappa shape index (κ3) is 2.00. The molecule has 0 saturated carbocycles.